The Labute approximate surface area is 99.1 Å². The fraction of sp³-hybridized carbons (Fsp3) is 0.800. The van der Waals surface area contributed by atoms with Crippen LogP contribution in [0.4, 0.5) is 0 Å². The zero-order valence-electron chi connectivity index (χ0n) is 10.3. The minimum Gasteiger partial charge on any atom is -0.309 e. The Morgan fingerprint density at radius 1 is 1.50 bits per heavy atom. The molecule has 1 N–H and O–H groups in total. The van der Waals surface area contributed by atoms with E-state index in [-0.39, 0.29) is 5.25 Å². The molecule has 92 valence electrons. The van der Waals surface area contributed by atoms with Gasteiger partial charge in [0.25, 0.3) is 0 Å². The lowest BCUT2D eigenvalue weighted by Gasteiger charge is -2.12. The minimum absolute atomic E-state index is 0.162. The van der Waals surface area contributed by atoms with Crippen molar-refractivity contribution in [3.8, 4) is 0 Å². The van der Waals surface area contributed by atoms with Gasteiger partial charge in [-0.1, -0.05) is 0 Å². The zero-order chi connectivity index (χ0) is 12.1. The molecule has 1 rings (SSSR count). The first-order valence-corrected chi connectivity index (χ1v) is 7.05. The predicted molar refractivity (Wildman–Crippen MR) is 65.6 cm³/mol. The summed E-state index contributed by atoms with van der Waals surface area (Å²) in [6.07, 6.45) is 3.29. The third-order valence-corrected chi connectivity index (χ3v) is 3.72. The van der Waals surface area contributed by atoms with Crippen LogP contribution in [0.5, 0.6) is 0 Å². The lowest BCUT2D eigenvalue weighted by Crippen LogP contribution is -2.28. The van der Waals surface area contributed by atoms with Crippen molar-refractivity contribution >= 4 is 10.8 Å². The third-order valence-electron chi connectivity index (χ3n) is 2.42. The van der Waals surface area contributed by atoms with Gasteiger partial charge in [-0.25, -0.2) is 9.67 Å². The number of nitrogens with one attached hydrogen (secondary N) is 1. The number of rotatable bonds is 6. The molecule has 0 amide bonds. The first-order valence-electron chi connectivity index (χ1n) is 5.43. The van der Waals surface area contributed by atoms with Crippen molar-refractivity contribution in [3.63, 3.8) is 0 Å². The van der Waals surface area contributed by atoms with Crippen LogP contribution in [0.25, 0.3) is 0 Å². The SMILES string of the molecule is CC(C)n1ncnc1CNCC(C)S(C)=O. The molecule has 0 radical (unpaired) electrons. The maximum Gasteiger partial charge on any atom is 0.141 e. The normalized spacial score (nSPS) is 15.3. The molecule has 2 unspecified atom stereocenters. The summed E-state index contributed by atoms with van der Waals surface area (Å²) in [5, 5.41) is 7.56. The van der Waals surface area contributed by atoms with E-state index in [4.69, 9.17) is 0 Å². The van der Waals surface area contributed by atoms with Gasteiger partial charge in [-0.2, -0.15) is 5.10 Å². The van der Waals surface area contributed by atoms with Crippen LogP contribution >= 0.6 is 0 Å². The Kier molecular flexibility index (Phi) is 5.08. The van der Waals surface area contributed by atoms with Crippen LogP contribution in [-0.2, 0) is 17.3 Å². The number of hydrogen-bond acceptors (Lipinski definition) is 4. The number of aromatic nitrogens is 3. The van der Waals surface area contributed by atoms with Crippen molar-refractivity contribution in [3.05, 3.63) is 12.2 Å². The molecule has 0 saturated carbocycles. The van der Waals surface area contributed by atoms with Crippen LogP contribution in [0.2, 0.25) is 0 Å². The van der Waals surface area contributed by atoms with Gasteiger partial charge >= 0.3 is 0 Å². The van der Waals surface area contributed by atoms with Gasteiger partial charge in [0.05, 0.1) is 6.54 Å². The van der Waals surface area contributed by atoms with Gasteiger partial charge in [0.15, 0.2) is 0 Å². The van der Waals surface area contributed by atoms with E-state index >= 15 is 0 Å². The summed E-state index contributed by atoms with van der Waals surface area (Å²) in [6.45, 7) is 7.51. The lowest BCUT2D eigenvalue weighted by molar-refractivity contribution is 0.490. The van der Waals surface area contributed by atoms with Gasteiger partial charge < -0.3 is 5.32 Å². The summed E-state index contributed by atoms with van der Waals surface area (Å²) in [4.78, 5) is 4.19. The van der Waals surface area contributed by atoms with Crippen LogP contribution in [0.15, 0.2) is 6.33 Å². The molecule has 0 bridgehead atoms. The van der Waals surface area contributed by atoms with E-state index in [0.29, 0.717) is 12.6 Å². The summed E-state index contributed by atoms with van der Waals surface area (Å²) < 4.78 is 13.0. The monoisotopic (exact) mass is 244 g/mol. The highest BCUT2D eigenvalue weighted by Gasteiger charge is 2.09. The lowest BCUT2D eigenvalue weighted by atomic mass is 10.4. The Morgan fingerprint density at radius 3 is 2.75 bits per heavy atom. The Hall–Kier alpha value is -0.750. The maximum atomic E-state index is 11.1. The molecule has 0 aliphatic heterocycles. The highest BCUT2D eigenvalue weighted by Crippen LogP contribution is 2.04. The molecule has 0 aromatic carbocycles. The van der Waals surface area contributed by atoms with Crippen LogP contribution < -0.4 is 5.32 Å². The van der Waals surface area contributed by atoms with Crippen LogP contribution in [-0.4, -0.2) is 37.0 Å². The largest absolute Gasteiger partial charge is 0.309 e. The van der Waals surface area contributed by atoms with E-state index in [1.807, 2.05) is 11.6 Å². The molecule has 2 atom stereocenters. The molecule has 16 heavy (non-hydrogen) atoms. The van der Waals surface area contributed by atoms with Crippen molar-refractivity contribution in [1.82, 2.24) is 20.1 Å². The molecular weight excluding hydrogens is 224 g/mol. The van der Waals surface area contributed by atoms with E-state index in [1.54, 1.807) is 12.6 Å². The van der Waals surface area contributed by atoms with Crippen molar-refractivity contribution in [2.45, 2.75) is 38.6 Å². The topological polar surface area (TPSA) is 59.8 Å². The van der Waals surface area contributed by atoms with Crippen molar-refractivity contribution in [2.24, 2.45) is 0 Å². The van der Waals surface area contributed by atoms with E-state index in [2.05, 4.69) is 29.2 Å². The van der Waals surface area contributed by atoms with E-state index < -0.39 is 10.8 Å². The standard InChI is InChI=1S/C10H20N4OS/c1-8(2)14-10(12-7-13-14)6-11-5-9(3)16(4)15/h7-9,11H,5-6H2,1-4H3. The molecule has 0 spiro atoms. The van der Waals surface area contributed by atoms with Gasteiger partial charge in [-0.15, -0.1) is 0 Å². The smallest absolute Gasteiger partial charge is 0.141 e. The first-order chi connectivity index (χ1) is 7.52. The number of hydrogen-bond donors (Lipinski definition) is 1. The van der Waals surface area contributed by atoms with Crippen molar-refractivity contribution < 1.29 is 4.21 Å². The fourth-order valence-corrected chi connectivity index (χ4v) is 1.69. The van der Waals surface area contributed by atoms with Crippen molar-refractivity contribution in [1.29, 1.82) is 0 Å². The second-order valence-electron chi connectivity index (χ2n) is 4.15. The molecule has 0 saturated heterocycles. The first kappa shape index (κ1) is 13.3. The van der Waals surface area contributed by atoms with Gasteiger partial charge in [0, 0.05) is 34.9 Å². The molecule has 0 aliphatic carbocycles. The molecule has 0 fully saturated rings. The van der Waals surface area contributed by atoms with Crippen LogP contribution in [0.1, 0.15) is 32.6 Å². The third kappa shape index (κ3) is 3.68. The quantitative estimate of drug-likeness (QED) is 0.801. The molecule has 1 heterocycles. The molecule has 1 aromatic rings. The van der Waals surface area contributed by atoms with Gasteiger partial charge in [-0.3, -0.25) is 4.21 Å². The average Bonchev–Trinajstić information content (AvgIpc) is 2.65. The van der Waals surface area contributed by atoms with E-state index in [0.717, 1.165) is 12.4 Å². The Bertz CT molecular complexity index is 350. The highest BCUT2D eigenvalue weighted by molar-refractivity contribution is 7.84. The van der Waals surface area contributed by atoms with Gasteiger partial charge in [0.2, 0.25) is 0 Å². The molecule has 5 nitrogen and oxygen atoms in total. The van der Waals surface area contributed by atoms with Gasteiger partial charge in [-0.05, 0) is 20.8 Å². The summed E-state index contributed by atoms with van der Waals surface area (Å²) in [5.74, 6) is 0.920. The summed E-state index contributed by atoms with van der Waals surface area (Å²) in [6, 6.07) is 0.317. The van der Waals surface area contributed by atoms with Gasteiger partial charge in [0.1, 0.15) is 12.2 Å². The van der Waals surface area contributed by atoms with Crippen LogP contribution in [0.3, 0.4) is 0 Å². The second kappa shape index (κ2) is 6.10. The zero-order valence-corrected chi connectivity index (χ0v) is 11.1. The molecule has 6 heteroatoms. The highest BCUT2D eigenvalue weighted by atomic mass is 32.2. The molecule has 1 aromatic heterocycles. The Balaban J connectivity index is 2.43. The van der Waals surface area contributed by atoms with Crippen molar-refractivity contribution in [2.75, 3.05) is 12.8 Å². The summed E-state index contributed by atoms with van der Waals surface area (Å²) in [7, 11) is -0.778. The number of nitrogens with zero attached hydrogens (tertiary/aromatic N) is 3. The molecule has 0 aliphatic rings. The minimum atomic E-state index is -0.778. The Morgan fingerprint density at radius 2 is 2.19 bits per heavy atom. The summed E-state index contributed by atoms with van der Waals surface area (Å²) >= 11 is 0. The predicted octanol–water partition coefficient (Wildman–Crippen LogP) is 0.716. The van der Waals surface area contributed by atoms with Crippen LogP contribution in [0, 0.1) is 0 Å². The average molecular weight is 244 g/mol. The van der Waals surface area contributed by atoms with E-state index in [1.165, 1.54) is 0 Å². The molecular formula is C10H20N4OS. The maximum absolute atomic E-state index is 11.1. The fourth-order valence-electron chi connectivity index (χ4n) is 1.34. The summed E-state index contributed by atoms with van der Waals surface area (Å²) in [5.41, 5.74) is 0. The second-order valence-corrected chi connectivity index (χ2v) is 5.96. The van der Waals surface area contributed by atoms with E-state index in [9.17, 15) is 4.21 Å².